The summed E-state index contributed by atoms with van der Waals surface area (Å²) >= 11 is 0. The van der Waals surface area contributed by atoms with E-state index in [1.165, 1.54) is 0 Å². The van der Waals surface area contributed by atoms with Gasteiger partial charge in [0.05, 0.1) is 6.10 Å². The molecule has 0 aromatic heterocycles. The summed E-state index contributed by atoms with van der Waals surface area (Å²) in [6.45, 7) is 6.99. The van der Waals surface area contributed by atoms with E-state index >= 15 is 0 Å². The van der Waals surface area contributed by atoms with Gasteiger partial charge in [-0.2, -0.15) is 0 Å². The van der Waals surface area contributed by atoms with E-state index in [1.54, 1.807) is 0 Å². The monoisotopic (exact) mass is 202 g/mol. The Morgan fingerprint density at radius 2 is 2.07 bits per heavy atom. The van der Waals surface area contributed by atoms with E-state index in [0.29, 0.717) is 12.3 Å². The van der Waals surface area contributed by atoms with Crippen LogP contribution in [0.15, 0.2) is 0 Å². The number of hydrogen-bond acceptors (Lipinski definition) is 2. The van der Waals surface area contributed by atoms with Crippen LogP contribution in [-0.4, -0.2) is 23.8 Å². The lowest BCUT2D eigenvalue weighted by Crippen LogP contribution is -2.22. The molecule has 84 valence electrons. The summed E-state index contributed by atoms with van der Waals surface area (Å²) in [7, 11) is 0. The predicted octanol–water partition coefficient (Wildman–Crippen LogP) is 2.69. The largest absolute Gasteiger partial charge is 0.481 e. The van der Waals surface area contributed by atoms with Crippen LogP contribution in [0.25, 0.3) is 0 Å². The maximum Gasteiger partial charge on any atom is 0.303 e. The number of hydrogen-bond donors (Lipinski definition) is 1. The first-order valence-corrected chi connectivity index (χ1v) is 5.45. The van der Waals surface area contributed by atoms with E-state index in [-0.39, 0.29) is 12.5 Å². The molecule has 0 spiro atoms. The van der Waals surface area contributed by atoms with Crippen LogP contribution in [0.3, 0.4) is 0 Å². The molecule has 0 aliphatic rings. The number of rotatable bonds is 8. The number of ether oxygens (including phenoxy) is 1. The molecule has 0 amide bonds. The summed E-state index contributed by atoms with van der Waals surface area (Å²) < 4.78 is 5.64. The first-order valence-electron chi connectivity index (χ1n) is 5.45. The highest BCUT2D eigenvalue weighted by molar-refractivity contribution is 5.66. The molecular weight excluding hydrogens is 180 g/mol. The molecule has 0 bridgehead atoms. The van der Waals surface area contributed by atoms with Gasteiger partial charge >= 0.3 is 5.97 Å². The fourth-order valence-electron chi connectivity index (χ4n) is 1.49. The standard InChI is InChI=1S/C11H22O3/c1-4-8-14-10(5-2)9(3)6-7-11(12)13/h9-10H,4-8H2,1-3H3,(H,12,13). The van der Waals surface area contributed by atoms with Crippen molar-refractivity contribution >= 4 is 5.97 Å². The molecule has 0 rings (SSSR count). The van der Waals surface area contributed by atoms with E-state index in [2.05, 4.69) is 20.8 Å². The molecule has 0 aliphatic carbocycles. The third kappa shape index (κ3) is 5.97. The van der Waals surface area contributed by atoms with Gasteiger partial charge in [-0.15, -0.1) is 0 Å². The lowest BCUT2D eigenvalue weighted by atomic mass is 9.97. The third-order valence-corrected chi connectivity index (χ3v) is 2.39. The molecule has 0 aromatic carbocycles. The highest BCUT2D eigenvalue weighted by atomic mass is 16.5. The fourth-order valence-corrected chi connectivity index (χ4v) is 1.49. The summed E-state index contributed by atoms with van der Waals surface area (Å²) in [5.74, 6) is -0.384. The van der Waals surface area contributed by atoms with Crippen LogP contribution in [0.5, 0.6) is 0 Å². The second-order valence-corrected chi connectivity index (χ2v) is 3.73. The molecule has 0 saturated carbocycles. The van der Waals surface area contributed by atoms with Crippen molar-refractivity contribution in [2.24, 2.45) is 5.92 Å². The first kappa shape index (κ1) is 13.4. The molecule has 2 unspecified atom stereocenters. The minimum absolute atomic E-state index is 0.217. The van der Waals surface area contributed by atoms with Crippen LogP contribution in [0.4, 0.5) is 0 Å². The number of carbonyl (C=O) groups is 1. The minimum atomic E-state index is -0.720. The zero-order chi connectivity index (χ0) is 11.0. The highest BCUT2D eigenvalue weighted by Gasteiger charge is 2.16. The van der Waals surface area contributed by atoms with E-state index in [0.717, 1.165) is 19.4 Å². The van der Waals surface area contributed by atoms with Crippen LogP contribution < -0.4 is 0 Å². The van der Waals surface area contributed by atoms with Crippen molar-refractivity contribution < 1.29 is 14.6 Å². The van der Waals surface area contributed by atoms with Crippen LogP contribution in [0.2, 0.25) is 0 Å². The highest BCUT2D eigenvalue weighted by Crippen LogP contribution is 2.17. The van der Waals surface area contributed by atoms with Crippen LogP contribution in [-0.2, 0) is 9.53 Å². The molecule has 2 atom stereocenters. The van der Waals surface area contributed by atoms with Crippen molar-refractivity contribution in [3.8, 4) is 0 Å². The topological polar surface area (TPSA) is 46.5 Å². The van der Waals surface area contributed by atoms with Crippen molar-refractivity contribution in [2.45, 2.75) is 52.6 Å². The lowest BCUT2D eigenvalue weighted by molar-refractivity contribution is -0.137. The Labute approximate surface area is 86.5 Å². The predicted molar refractivity (Wildman–Crippen MR) is 56.4 cm³/mol. The van der Waals surface area contributed by atoms with Crippen LogP contribution in [0.1, 0.15) is 46.5 Å². The van der Waals surface area contributed by atoms with Gasteiger partial charge in [-0.05, 0) is 25.2 Å². The summed E-state index contributed by atoms with van der Waals surface area (Å²) in [6, 6.07) is 0. The zero-order valence-electron chi connectivity index (χ0n) is 9.45. The van der Waals surface area contributed by atoms with Crippen molar-refractivity contribution in [3.63, 3.8) is 0 Å². The molecule has 0 aromatic rings. The van der Waals surface area contributed by atoms with Crippen LogP contribution >= 0.6 is 0 Å². The first-order chi connectivity index (χ1) is 6.61. The molecule has 1 N–H and O–H groups in total. The smallest absolute Gasteiger partial charge is 0.303 e. The summed E-state index contributed by atoms with van der Waals surface area (Å²) in [5, 5.41) is 8.55. The average Bonchev–Trinajstić information content (AvgIpc) is 2.16. The van der Waals surface area contributed by atoms with E-state index in [1.807, 2.05) is 0 Å². The third-order valence-electron chi connectivity index (χ3n) is 2.39. The van der Waals surface area contributed by atoms with Gasteiger partial charge in [0, 0.05) is 13.0 Å². The Morgan fingerprint density at radius 3 is 2.50 bits per heavy atom. The molecule has 14 heavy (non-hydrogen) atoms. The average molecular weight is 202 g/mol. The van der Waals surface area contributed by atoms with Gasteiger partial charge in [-0.25, -0.2) is 0 Å². The Kier molecular flexibility index (Phi) is 7.48. The van der Waals surface area contributed by atoms with E-state index in [9.17, 15) is 4.79 Å². The van der Waals surface area contributed by atoms with Crippen molar-refractivity contribution in [3.05, 3.63) is 0 Å². The normalized spacial score (nSPS) is 15.1. The minimum Gasteiger partial charge on any atom is -0.481 e. The van der Waals surface area contributed by atoms with Gasteiger partial charge < -0.3 is 9.84 Å². The van der Waals surface area contributed by atoms with Crippen LogP contribution in [0, 0.1) is 5.92 Å². The number of carboxylic acid groups (broad SMARTS) is 1. The van der Waals surface area contributed by atoms with Crippen molar-refractivity contribution in [1.29, 1.82) is 0 Å². The SMILES string of the molecule is CCCOC(CC)C(C)CCC(=O)O. The van der Waals surface area contributed by atoms with Gasteiger partial charge in [-0.3, -0.25) is 4.79 Å². The molecule has 0 aliphatic heterocycles. The maximum atomic E-state index is 10.4. The Hall–Kier alpha value is -0.570. The second-order valence-electron chi connectivity index (χ2n) is 3.73. The molecule has 0 saturated heterocycles. The summed E-state index contributed by atoms with van der Waals surface area (Å²) in [6.07, 6.45) is 3.14. The quantitative estimate of drug-likeness (QED) is 0.658. The Morgan fingerprint density at radius 1 is 1.43 bits per heavy atom. The zero-order valence-corrected chi connectivity index (χ0v) is 9.45. The lowest BCUT2D eigenvalue weighted by Gasteiger charge is -2.22. The molecule has 0 radical (unpaired) electrons. The molecule has 3 nitrogen and oxygen atoms in total. The fraction of sp³-hybridized carbons (Fsp3) is 0.909. The number of aliphatic carboxylic acids is 1. The van der Waals surface area contributed by atoms with E-state index < -0.39 is 5.97 Å². The van der Waals surface area contributed by atoms with Gasteiger partial charge in [0.1, 0.15) is 0 Å². The maximum absolute atomic E-state index is 10.4. The molecule has 0 fully saturated rings. The molecule has 0 heterocycles. The summed E-state index contributed by atoms with van der Waals surface area (Å²) in [5.41, 5.74) is 0. The van der Waals surface area contributed by atoms with E-state index in [4.69, 9.17) is 9.84 Å². The van der Waals surface area contributed by atoms with Gasteiger partial charge in [-0.1, -0.05) is 20.8 Å². The van der Waals surface area contributed by atoms with Gasteiger partial charge in [0.15, 0.2) is 0 Å². The summed E-state index contributed by atoms with van der Waals surface area (Å²) in [4.78, 5) is 10.4. The molecule has 3 heteroatoms. The number of carboxylic acids is 1. The van der Waals surface area contributed by atoms with Crippen molar-refractivity contribution in [1.82, 2.24) is 0 Å². The van der Waals surface area contributed by atoms with Gasteiger partial charge in [0.2, 0.25) is 0 Å². The Balaban J connectivity index is 3.78. The molecular formula is C11H22O3. The Bertz CT molecular complexity index is 157. The second kappa shape index (κ2) is 7.80. The van der Waals surface area contributed by atoms with Gasteiger partial charge in [0.25, 0.3) is 0 Å². The van der Waals surface area contributed by atoms with Crippen molar-refractivity contribution in [2.75, 3.05) is 6.61 Å².